The molecule has 0 unspecified atom stereocenters. The van der Waals surface area contributed by atoms with Crippen molar-refractivity contribution < 1.29 is 132 Å². The third-order valence-electron chi connectivity index (χ3n) is 18.1. The van der Waals surface area contributed by atoms with Gasteiger partial charge in [-0.05, 0) is 207 Å². The van der Waals surface area contributed by atoms with E-state index in [0.29, 0.717) is 6.07 Å². The van der Waals surface area contributed by atoms with Crippen LogP contribution in [0.5, 0.6) is 0 Å². The number of nitrogens with zero attached hydrogens (tertiary/aromatic N) is 3. The monoisotopic (exact) mass is 1570 g/mol. The number of hydrogen-bond acceptors (Lipinski definition) is 1. The van der Waals surface area contributed by atoms with Gasteiger partial charge in [-0.2, -0.15) is 137 Å². The van der Waals surface area contributed by atoms with Crippen molar-refractivity contribution in [1.82, 2.24) is 9.13 Å². The zero-order chi connectivity index (χ0) is 80.2. The van der Waals surface area contributed by atoms with E-state index in [1.165, 1.54) is 0 Å². The summed E-state index contributed by atoms with van der Waals surface area (Å²) in [6.45, 7) is 0. The van der Waals surface area contributed by atoms with Gasteiger partial charge in [-0.3, -0.25) is 0 Å². The lowest BCUT2D eigenvalue weighted by Crippen LogP contribution is -2.13. The lowest BCUT2D eigenvalue weighted by atomic mass is 9.86. The Morgan fingerprint density at radius 3 is 0.736 bits per heavy atom. The van der Waals surface area contributed by atoms with Crippen LogP contribution in [0.25, 0.3) is 122 Å². The minimum absolute atomic E-state index is 0.198. The first kappa shape index (κ1) is 76.6. The minimum Gasteiger partial charge on any atom is -0.309 e. The number of rotatable bonds is 8. The quantitative estimate of drug-likeness (QED) is 0.140. The number of halogens is 30. The third-order valence-corrected chi connectivity index (χ3v) is 18.1. The molecular weight excluding hydrogens is 1540 g/mol. The Morgan fingerprint density at radius 2 is 0.482 bits per heavy atom. The molecular formula is C77H33F30N3. The average molecular weight is 1570 g/mol. The number of fused-ring (bicyclic) bond motifs is 6. The highest BCUT2D eigenvalue weighted by Crippen LogP contribution is 2.53. The molecule has 13 aromatic rings. The smallest absolute Gasteiger partial charge is 0.309 e. The van der Waals surface area contributed by atoms with Crippen molar-refractivity contribution in [3.05, 3.63) is 261 Å². The molecule has 11 aromatic carbocycles. The standard InChI is InChI=1S/C77H33F30N3/c78-68(79,80)44-11-12-53(59(33-44)77(105,106)107)54-4-2-6-65(110-62-15-9-37(42-21-49(73(93,94)95)31-50(22-42)74(96,97)98)27-57(62)58-28-38(10-16-63(58)110)43-23-51(75(99,100)101)32-52(24-43)76(102,103)104)67(54)66-39(34-108)3-1-5-64(66)109-60-13-7-35(40-17-45(69(81,82)83)29-46(18-40)70(84,85)86)25-55(60)56-26-36(8-14-61(56)109)41-19-47(71(87,88)89)30-48(20-41)72(90,91)92/h1-33H. The molecule has 0 amide bonds. The van der Waals surface area contributed by atoms with Gasteiger partial charge in [-0.15, -0.1) is 0 Å². The lowest BCUT2D eigenvalue weighted by molar-refractivity contribution is -0.144. The van der Waals surface area contributed by atoms with Crippen molar-refractivity contribution in [2.45, 2.75) is 61.8 Å². The zero-order valence-corrected chi connectivity index (χ0v) is 53.7. The lowest BCUT2D eigenvalue weighted by Gasteiger charge is -2.24. The average Bonchev–Trinajstić information content (AvgIpc) is 1.29. The molecule has 0 aliphatic rings. The summed E-state index contributed by atoms with van der Waals surface area (Å²) in [6.07, 6.45) is -55.3. The van der Waals surface area contributed by atoms with Crippen molar-refractivity contribution in [2.75, 3.05) is 0 Å². The molecule has 0 fully saturated rings. The van der Waals surface area contributed by atoms with E-state index in [1.54, 1.807) is 0 Å². The van der Waals surface area contributed by atoms with Crippen LogP contribution in [0.2, 0.25) is 0 Å². The summed E-state index contributed by atoms with van der Waals surface area (Å²) in [7, 11) is 0. The number of nitriles is 1. The molecule has 0 saturated heterocycles. The van der Waals surface area contributed by atoms with Gasteiger partial charge in [0.25, 0.3) is 0 Å². The van der Waals surface area contributed by atoms with Crippen LogP contribution in [0.15, 0.2) is 200 Å². The third kappa shape index (κ3) is 14.3. The van der Waals surface area contributed by atoms with Crippen LogP contribution in [0.1, 0.15) is 61.2 Å². The summed E-state index contributed by atoms with van der Waals surface area (Å²) in [4.78, 5) is 0. The summed E-state index contributed by atoms with van der Waals surface area (Å²) < 4.78 is 441. The van der Waals surface area contributed by atoms with Crippen LogP contribution in [0, 0.1) is 11.3 Å². The molecule has 13 rings (SSSR count). The largest absolute Gasteiger partial charge is 0.417 e. The Bertz CT molecular complexity index is 5560. The van der Waals surface area contributed by atoms with E-state index in [9.17, 15) is 124 Å². The van der Waals surface area contributed by atoms with Gasteiger partial charge < -0.3 is 9.13 Å². The van der Waals surface area contributed by atoms with Gasteiger partial charge in [0.15, 0.2) is 0 Å². The molecule has 110 heavy (non-hydrogen) atoms. The summed E-state index contributed by atoms with van der Waals surface area (Å²) in [5.41, 5.74) is -30.8. The Morgan fingerprint density at radius 1 is 0.218 bits per heavy atom. The first-order chi connectivity index (χ1) is 50.8. The minimum atomic E-state index is -5.81. The number of aromatic nitrogens is 2. The molecule has 33 heteroatoms. The van der Waals surface area contributed by atoms with Crippen LogP contribution < -0.4 is 0 Å². The second-order valence-electron chi connectivity index (χ2n) is 25.0. The summed E-state index contributed by atoms with van der Waals surface area (Å²) in [5.74, 6) is 0. The van der Waals surface area contributed by atoms with Gasteiger partial charge >= 0.3 is 61.8 Å². The van der Waals surface area contributed by atoms with E-state index < -0.39 is 212 Å². The van der Waals surface area contributed by atoms with Crippen LogP contribution in [-0.2, 0) is 61.8 Å². The predicted octanol–water partition coefficient (Wildman–Crippen LogP) is 27.9. The molecule has 0 saturated carbocycles. The second kappa shape index (κ2) is 25.8. The Kier molecular flexibility index (Phi) is 18.0. The van der Waals surface area contributed by atoms with E-state index in [-0.39, 0.29) is 118 Å². The topological polar surface area (TPSA) is 33.6 Å². The van der Waals surface area contributed by atoms with Crippen molar-refractivity contribution in [3.63, 3.8) is 0 Å². The van der Waals surface area contributed by atoms with Crippen LogP contribution >= 0.6 is 0 Å². The fourth-order valence-corrected chi connectivity index (χ4v) is 13.3. The van der Waals surface area contributed by atoms with E-state index >= 15 is 13.2 Å². The summed E-state index contributed by atoms with van der Waals surface area (Å²) in [5, 5.41) is 9.87. The Labute approximate surface area is 595 Å². The van der Waals surface area contributed by atoms with Gasteiger partial charge in [0.1, 0.15) is 0 Å². The van der Waals surface area contributed by atoms with E-state index in [2.05, 4.69) is 0 Å². The molecule has 3 nitrogen and oxygen atoms in total. The fourth-order valence-electron chi connectivity index (χ4n) is 13.3. The second-order valence-corrected chi connectivity index (χ2v) is 25.0. The van der Waals surface area contributed by atoms with Gasteiger partial charge in [0.2, 0.25) is 0 Å². The molecule has 0 aliphatic carbocycles. The zero-order valence-electron chi connectivity index (χ0n) is 53.7. The van der Waals surface area contributed by atoms with Crippen molar-refractivity contribution in [3.8, 4) is 84.2 Å². The van der Waals surface area contributed by atoms with Gasteiger partial charge in [0.05, 0.1) is 101 Å². The summed E-state index contributed by atoms with van der Waals surface area (Å²) >= 11 is 0. The highest BCUT2D eigenvalue weighted by molar-refractivity contribution is 6.15. The van der Waals surface area contributed by atoms with E-state index in [0.717, 1.165) is 118 Å². The predicted molar refractivity (Wildman–Crippen MR) is 342 cm³/mol. The fraction of sp³-hybridized carbons (Fsp3) is 0.130. The molecule has 0 spiro atoms. The first-order valence-electron chi connectivity index (χ1n) is 31.1. The Hall–Kier alpha value is -11.6. The molecule has 0 N–H and O–H groups in total. The normalized spacial score (nSPS) is 13.4. The van der Waals surface area contributed by atoms with E-state index in [1.807, 2.05) is 6.07 Å². The van der Waals surface area contributed by atoms with E-state index in [4.69, 9.17) is 0 Å². The van der Waals surface area contributed by atoms with Gasteiger partial charge in [0, 0.05) is 32.7 Å². The maximum Gasteiger partial charge on any atom is 0.417 e. The van der Waals surface area contributed by atoms with Gasteiger partial charge in [-0.25, -0.2) is 0 Å². The first-order valence-corrected chi connectivity index (χ1v) is 31.1. The van der Waals surface area contributed by atoms with Crippen LogP contribution in [-0.4, -0.2) is 9.13 Å². The van der Waals surface area contributed by atoms with Crippen molar-refractivity contribution in [1.29, 1.82) is 5.26 Å². The number of benzene rings is 11. The summed E-state index contributed by atoms with van der Waals surface area (Å²) in [6, 6.07) is 20.7. The SMILES string of the molecule is N#Cc1cccc(-n2c3ccc(-c4cc(C(F)(F)F)cc(C(F)(F)F)c4)cc3c3cc(-c4cc(C(F)(F)F)cc(C(F)(F)F)c4)ccc32)c1-c1c(-c2ccc(C(F)(F)F)cc2C(F)(F)F)cccc1-n1c2ccc(-c3cc(C(F)(F)F)cc(C(F)(F)F)c3)cc2c2cc(-c3cc(C(F)(F)F)cc(C(F)(F)F)c3)ccc21. The number of alkyl halides is 30. The van der Waals surface area contributed by atoms with Crippen molar-refractivity contribution in [2.24, 2.45) is 0 Å². The van der Waals surface area contributed by atoms with Gasteiger partial charge in [-0.1, -0.05) is 48.5 Å². The molecule has 0 atom stereocenters. The van der Waals surface area contributed by atoms with Crippen LogP contribution in [0.4, 0.5) is 132 Å². The Balaban J connectivity index is 1.19. The maximum absolute atomic E-state index is 15.9. The molecule has 2 heterocycles. The van der Waals surface area contributed by atoms with Crippen LogP contribution in [0.3, 0.4) is 0 Å². The molecule has 0 bridgehead atoms. The van der Waals surface area contributed by atoms with Crippen molar-refractivity contribution >= 4 is 43.6 Å². The molecule has 0 radical (unpaired) electrons. The molecule has 2 aromatic heterocycles. The number of hydrogen-bond donors (Lipinski definition) is 0. The highest BCUT2D eigenvalue weighted by atomic mass is 19.4. The maximum atomic E-state index is 15.9. The molecule has 566 valence electrons. The molecule has 0 aliphatic heterocycles. The highest BCUT2D eigenvalue weighted by Gasteiger charge is 2.44.